The van der Waals surface area contributed by atoms with Gasteiger partial charge in [-0.2, -0.15) is 0 Å². The molecule has 35 heavy (non-hydrogen) atoms. The van der Waals surface area contributed by atoms with Gasteiger partial charge in [0.25, 0.3) is 0 Å². The zero-order chi connectivity index (χ0) is 26.2. The van der Waals surface area contributed by atoms with Gasteiger partial charge in [0, 0.05) is 18.1 Å². The zero-order valence-corrected chi connectivity index (χ0v) is 22.4. The Morgan fingerprint density at radius 2 is 1.77 bits per heavy atom. The number of methoxy groups -OCH3 is 1. The minimum absolute atomic E-state index is 0.132. The van der Waals surface area contributed by atoms with Gasteiger partial charge in [0.1, 0.15) is 18.3 Å². The number of amides is 2. The molecule has 2 rings (SSSR count). The van der Waals surface area contributed by atoms with Crippen molar-refractivity contribution in [2.45, 2.75) is 46.2 Å². The van der Waals surface area contributed by atoms with Gasteiger partial charge in [0.15, 0.2) is 0 Å². The number of anilines is 1. The molecule has 0 aliphatic rings. The van der Waals surface area contributed by atoms with Crippen LogP contribution in [0.4, 0.5) is 5.69 Å². The van der Waals surface area contributed by atoms with Crippen molar-refractivity contribution in [3.8, 4) is 5.75 Å². The third-order valence-electron chi connectivity index (χ3n) is 5.63. The smallest absolute Gasteiger partial charge is 0.244 e. The Bertz CT molecular complexity index is 1120. The van der Waals surface area contributed by atoms with Crippen LogP contribution in [0.15, 0.2) is 42.5 Å². The molecule has 1 N–H and O–H groups in total. The van der Waals surface area contributed by atoms with Crippen molar-refractivity contribution in [2.75, 3.05) is 30.8 Å². The van der Waals surface area contributed by atoms with Crippen molar-refractivity contribution < 1.29 is 22.7 Å². The second-order valence-electron chi connectivity index (χ2n) is 8.24. The first kappa shape index (κ1) is 28.5. The van der Waals surface area contributed by atoms with Crippen LogP contribution in [0.2, 0.25) is 5.02 Å². The predicted molar refractivity (Wildman–Crippen MR) is 139 cm³/mol. The number of benzene rings is 2. The van der Waals surface area contributed by atoms with Crippen LogP contribution in [0, 0.1) is 6.92 Å². The van der Waals surface area contributed by atoms with E-state index in [0.717, 1.165) is 22.5 Å². The van der Waals surface area contributed by atoms with Crippen LogP contribution in [0.3, 0.4) is 0 Å². The summed E-state index contributed by atoms with van der Waals surface area (Å²) < 4.78 is 31.7. The number of hydrogen-bond acceptors (Lipinski definition) is 5. The number of carbonyl (C=O) groups excluding carboxylic acids is 2. The van der Waals surface area contributed by atoms with Gasteiger partial charge in [0.05, 0.1) is 19.1 Å². The Labute approximate surface area is 213 Å². The van der Waals surface area contributed by atoms with E-state index in [1.807, 2.05) is 26.0 Å². The summed E-state index contributed by atoms with van der Waals surface area (Å²) in [5.41, 5.74) is 1.65. The van der Waals surface area contributed by atoms with Crippen molar-refractivity contribution in [1.82, 2.24) is 10.2 Å². The highest BCUT2D eigenvalue weighted by Crippen LogP contribution is 2.28. The Balaban J connectivity index is 2.46. The van der Waals surface area contributed by atoms with Crippen LogP contribution in [0.5, 0.6) is 5.75 Å². The molecule has 0 aliphatic heterocycles. The first-order chi connectivity index (χ1) is 16.5. The van der Waals surface area contributed by atoms with Gasteiger partial charge in [-0.25, -0.2) is 8.42 Å². The summed E-state index contributed by atoms with van der Waals surface area (Å²) in [6.07, 6.45) is 2.16. The van der Waals surface area contributed by atoms with E-state index in [1.54, 1.807) is 44.4 Å². The first-order valence-electron chi connectivity index (χ1n) is 11.5. The summed E-state index contributed by atoms with van der Waals surface area (Å²) >= 11 is 6.22. The fourth-order valence-electron chi connectivity index (χ4n) is 3.67. The number of sulfonamides is 1. The normalized spacial score (nSPS) is 12.1. The third-order valence-corrected chi connectivity index (χ3v) is 7.17. The number of hydrogen-bond donors (Lipinski definition) is 1. The van der Waals surface area contributed by atoms with E-state index in [0.29, 0.717) is 35.0 Å². The molecular weight excluding hydrogens is 490 g/mol. The molecule has 10 heteroatoms. The highest BCUT2D eigenvalue weighted by molar-refractivity contribution is 7.92. The van der Waals surface area contributed by atoms with Gasteiger partial charge in [-0.05, 0) is 55.2 Å². The number of nitrogens with one attached hydrogen (secondary N) is 1. The minimum atomic E-state index is -3.82. The molecule has 0 aliphatic carbocycles. The number of halogens is 1. The molecule has 0 fully saturated rings. The number of ether oxygens (including phenoxy) is 1. The van der Waals surface area contributed by atoms with Gasteiger partial charge < -0.3 is 15.0 Å². The molecule has 0 bridgehead atoms. The molecule has 2 aromatic rings. The fourth-order valence-corrected chi connectivity index (χ4v) is 4.74. The van der Waals surface area contributed by atoms with Gasteiger partial charge in [0.2, 0.25) is 21.8 Å². The maximum absolute atomic E-state index is 13.7. The van der Waals surface area contributed by atoms with E-state index >= 15 is 0 Å². The third kappa shape index (κ3) is 7.60. The summed E-state index contributed by atoms with van der Waals surface area (Å²) in [6, 6.07) is 11.3. The summed E-state index contributed by atoms with van der Waals surface area (Å²) in [7, 11) is -2.26. The quantitative estimate of drug-likeness (QED) is 0.457. The molecule has 0 unspecified atom stereocenters. The minimum Gasteiger partial charge on any atom is -0.497 e. The fraction of sp³-hybridized carbons (Fsp3) is 0.440. The van der Waals surface area contributed by atoms with Crippen molar-refractivity contribution in [2.24, 2.45) is 0 Å². The molecule has 0 aromatic heterocycles. The molecule has 8 nitrogen and oxygen atoms in total. The second-order valence-corrected chi connectivity index (χ2v) is 10.6. The van der Waals surface area contributed by atoms with E-state index < -0.39 is 28.5 Å². The SMILES string of the molecule is CCCNC(=O)[C@H](CC)N(Cc1ccc(OC)cc1)C(=O)CN(c1cccc(Cl)c1C)S(C)(=O)=O. The van der Waals surface area contributed by atoms with Crippen LogP contribution in [-0.2, 0) is 26.2 Å². The maximum atomic E-state index is 13.7. The summed E-state index contributed by atoms with van der Waals surface area (Å²) in [5.74, 6) is -0.107. The standard InChI is InChI=1S/C25H34ClN3O5S/c1-6-15-27-25(31)22(7-2)28(16-19-11-13-20(34-4)14-12-19)24(30)17-29(35(5,32)33)23-10-8-9-21(26)18(23)3/h8-14,22H,6-7,15-17H2,1-5H3,(H,27,31)/t22-/m0/s1. The average Bonchev–Trinajstić information content (AvgIpc) is 2.82. The van der Waals surface area contributed by atoms with Crippen LogP contribution in [-0.4, -0.2) is 57.6 Å². The zero-order valence-electron chi connectivity index (χ0n) is 20.9. The predicted octanol–water partition coefficient (Wildman–Crippen LogP) is 3.76. The van der Waals surface area contributed by atoms with Gasteiger partial charge in [-0.1, -0.05) is 43.6 Å². The van der Waals surface area contributed by atoms with Crippen LogP contribution in [0.25, 0.3) is 0 Å². The number of nitrogens with zero attached hydrogens (tertiary/aromatic N) is 2. The largest absolute Gasteiger partial charge is 0.497 e. The van der Waals surface area contributed by atoms with E-state index in [9.17, 15) is 18.0 Å². The molecule has 0 saturated carbocycles. The average molecular weight is 524 g/mol. The molecule has 0 saturated heterocycles. The van der Waals surface area contributed by atoms with Gasteiger partial charge >= 0.3 is 0 Å². The van der Waals surface area contributed by atoms with Gasteiger partial charge in [-0.3, -0.25) is 13.9 Å². The van der Waals surface area contributed by atoms with Crippen molar-refractivity contribution in [1.29, 1.82) is 0 Å². The molecule has 0 spiro atoms. The molecule has 2 amide bonds. The van der Waals surface area contributed by atoms with E-state index in [1.165, 1.54) is 4.90 Å². The number of carbonyl (C=O) groups is 2. The molecular formula is C25H34ClN3O5S. The highest BCUT2D eigenvalue weighted by atomic mass is 35.5. The molecule has 1 atom stereocenters. The summed E-state index contributed by atoms with van der Waals surface area (Å²) in [6.45, 7) is 5.61. The van der Waals surface area contributed by atoms with E-state index in [-0.39, 0.29) is 12.5 Å². The molecule has 2 aromatic carbocycles. The monoisotopic (exact) mass is 523 g/mol. The molecule has 0 heterocycles. The summed E-state index contributed by atoms with van der Waals surface area (Å²) in [5, 5.41) is 3.25. The Kier molecular flexibility index (Phi) is 10.4. The highest BCUT2D eigenvalue weighted by Gasteiger charge is 2.32. The van der Waals surface area contributed by atoms with Crippen LogP contribution in [0.1, 0.15) is 37.8 Å². The topological polar surface area (TPSA) is 96.0 Å². The summed E-state index contributed by atoms with van der Waals surface area (Å²) in [4.78, 5) is 28.0. The lowest BCUT2D eigenvalue weighted by molar-refractivity contribution is -0.140. The van der Waals surface area contributed by atoms with Crippen LogP contribution >= 0.6 is 11.6 Å². The Morgan fingerprint density at radius 3 is 2.31 bits per heavy atom. The van der Waals surface area contributed by atoms with Crippen molar-refractivity contribution in [3.05, 3.63) is 58.6 Å². The first-order valence-corrected chi connectivity index (χ1v) is 13.7. The van der Waals surface area contributed by atoms with Crippen LogP contribution < -0.4 is 14.4 Å². The maximum Gasteiger partial charge on any atom is 0.244 e. The lowest BCUT2D eigenvalue weighted by Crippen LogP contribution is -2.52. The Morgan fingerprint density at radius 1 is 1.11 bits per heavy atom. The molecule has 192 valence electrons. The Hall–Kier alpha value is -2.78. The van der Waals surface area contributed by atoms with Crippen molar-refractivity contribution in [3.63, 3.8) is 0 Å². The van der Waals surface area contributed by atoms with E-state index in [2.05, 4.69) is 5.32 Å². The lowest BCUT2D eigenvalue weighted by Gasteiger charge is -2.33. The van der Waals surface area contributed by atoms with Crippen molar-refractivity contribution >= 4 is 39.1 Å². The number of rotatable bonds is 12. The van der Waals surface area contributed by atoms with E-state index in [4.69, 9.17) is 16.3 Å². The second kappa shape index (κ2) is 12.8. The van der Waals surface area contributed by atoms with Gasteiger partial charge in [-0.15, -0.1) is 0 Å². The molecule has 0 radical (unpaired) electrons. The lowest BCUT2D eigenvalue weighted by atomic mass is 10.1.